The van der Waals surface area contributed by atoms with Crippen molar-refractivity contribution in [3.05, 3.63) is 62.7 Å². The van der Waals surface area contributed by atoms with Crippen LogP contribution in [0, 0.1) is 10.5 Å². The van der Waals surface area contributed by atoms with Crippen LogP contribution in [0.4, 0.5) is 5.69 Å². The molecule has 0 saturated heterocycles. The molecule has 118 valence electrons. The van der Waals surface area contributed by atoms with Gasteiger partial charge in [0.25, 0.3) is 5.91 Å². The Morgan fingerprint density at radius 1 is 1.13 bits per heavy atom. The average molecular weight is 440 g/mol. The smallest absolute Gasteiger partial charge is 0.336 e. The number of nitrogens with one attached hydrogen (secondary N) is 2. The fourth-order valence-electron chi connectivity index (χ4n) is 1.93. The minimum absolute atomic E-state index is 0.110. The highest BCUT2D eigenvalue weighted by molar-refractivity contribution is 14.1. The second kappa shape index (κ2) is 7.51. The number of carbonyl (C=O) groups excluding carboxylic acids is 1. The van der Waals surface area contributed by atoms with E-state index in [1.165, 1.54) is 6.07 Å². The third-order valence-corrected chi connectivity index (χ3v) is 4.07. The third kappa shape index (κ3) is 4.49. The first-order chi connectivity index (χ1) is 10.9. The summed E-state index contributed by atoms with van der Waals surface area (Å²) < 4.78 is 1.03. The lowest BCUT2D eigenvalue weighted by Crippen LogP contribution is -2.34. The molecule has 2 aromatic carbocycles. The number of carboxylic acid groups (broad SMARTS) is 1. The van der Waals surface area contributed by atoms with Gasteiger partial charge in [0.05, 0.1) is 5.56 Å². The molecule has 2 rings (SSSR count). The van der Waals surface area contributed by atoms with E-state index >= 15 is 0 Å². The van der Waals surface area contributed by atoms with E-state index < -0.39 is 5.97 Å². The number of halogens is 1. The van der Waals surface area contributed by atoms with Gasteiger partial charge in [-0.3, -0.25) is 10.1 Å². The number of aromatic carboxylic acids is 1. The predicted octanol–water partition coefficient (Wildman–Crippen LogP) is 3.42. The van der Waals surface area contributed by atoms with E-state index in [1.54, 1.807) is 31.2 Å². The lowest BCUT2D eigenvalue weighted by atomic mass is 10.1. The van der Waals surface area contributed by atoms with E-state index in [4.69, 9.17) is 17.3 Å². The molecule has 0 bridgehead atoms. The minimum Gasteiger partial charge on any atom is -0.478 e. The van der Waals surface area contributed by atoms with Crippen molar-refractivity contribution >= 4 is 57.5 Å². The Balaban J connectivity index is 2.08. The molecule has 0 aliphatic rings. The highest BCUT2D eigenvalue weighted by Gasteiger charge is 2.12. The number of rotatable bonds is 3. The number of carbonyl (C=O) groups is 2. The summed E-state index contributed by atoms with van der Waals surface area (Å²) in [5, 5.41) is 14.6. The Morgan fingerprint density at radius 2 is 1.78 bits per heavy atom. The van der Waals surface area contributed by atoms with Gasteiger partial charge in [0, 0.05) is 14.8 Å². The normalized spacial score (nSPS) is 10.0. The van der Waals surface area contributed by atoms with Crippen LogP contribution in [0.5, 0.6) is 0 Å². The summed E-state index contributed by atoms with van der Waals surface area (Å²) in [6.45, 7) is 1.68. The molecule has 0 aromatic heterocycles. The van der Waals surface area contributed by atoms with Gasteiger partial charge in [0.1, 0.15) is 0 Å². The molecule has 0 aliphatic carbocycles. The fourth-order valence-corrected chi connectivity index (χ4v) is 2.50. The summed E-state index contributed by atoms with van der Waals surface area (Å²) in [4.78, 5) is 23.2. The van der Waals surface area contributed by atoms with Crippen molar-refractivity contribution in [1.82, 2.24) is 5.32 Å². The minimum atomic E-state index is -1.01. The predicted molar refractivity (Wildman–Crippen MR) is 101 cm³/mol. The number of benzene rings is 2. The molecule has 0 spiro atoms. The van der Waals surface area contributed by atoms with Crippen LogP contribution in [0.3, 0.4) is 0 Å². The summed E-state index contributed by atoms with van der Waals surface area (Å²) in [6, 6.07) is 11.9. The number of carboxylic acids is 1. The van der Waals surface area contributed by atoms with E-state index in [9.17, 15) is 9.59 Å². The van der Waals surface area contributed by atoms with Gasteiger partial charge in [0.2, 0.25) is 0 Å². The lowest BCUT2D eigenvalue weighted by Gasteiger charge is -2.13. The molecule has 0 heterocycles. The molecule has 5 nitrogen and oxygen atoms in total. The van der Waals surface area contributed by atoms with Crippen molar-refractivity contribution in [3.8, 4) is 0 Å². The van der Waals surface area contributed by atoms with Crippen LogP contribution in [0.1, 0.15) is 26.3 Å². The molecule has 0 saturated carbocycles. The molecule has 7 heteroatoms. The average Bonchev–Trinajstić information content (AvgIpc) is 2.49. The lowest BCUT2D eigenvalue weighted by molar-refractivity contribution is 0.0696. The second-order valence-corrected chi connectivity index (χ2v) is 6.35. The standard InChI is InChI=1S/C16H13IN2O3S/c1-9-12(15(21)22)3-2-4-13(9)18-16(23)19-14(20)10-5-7-11(17)8-6-10/h2-8H,1H3,(H,21,22)(H2,18,19,20,23). The number of anilines is 1. The topological polar surface area (TPSA) is 78.4 Å². The maximum absolute atomic E-state index is 12.1. The van der Waals surface area contributed by atoms with Gasteiger partial charge >= 0.3 is 5.97 Å². The molecular formula is C16H13IN2O3S. The van der Waals surface area contributed by atoms with Crippen LogP contribution < -0.4 is 10.6 Å². The zero-order valence-electron chi connectivity index (χ0n) is 12.1. The van der Waals surface area contributed by atoms with Gasteiger partial charge in [-0.05, 0) is 83.7 Å². The third-order valence-electron chi connectivity index (χ3n) is 3.15. The van der Waals surface area contributed by atoms with Crippen LogP contribution in [-0.4, -0.2) is 22.1 Å². The van der Waals surface area contributed by atoms with E-state index in [-0.39, 0.29) is 16.6 Å². The summed E-state index contributed by atoms with van der Waals surface area (Å²) in [5.41, 5.74) is 1.76. The zero-order chi connectivity index (χ0) is 17.0. The molecule has 3 N–H and O–H groups in total. The van der Waals surface area contributed by atoms with Crippen molar-refractivity contribution in [1.29, 1.82) is 0 Å². The van der Waals surface area contributed by atoms with Crippen LogP contribution in [0.15, 0.2) is 42.5 Å². The Bertz CT molecular complexity index is 775. The summed E-state index contributed by atoms with van der Waals surface area (Å²) in [7, 11) is 0. The Hall–Kier alpha value is -2.00. The SMILES string of the molecule is Cc1c(NC(=S)NC(=O)c2ccc(I)cc2)cccc1C(=O)O. The molecule has 0 fully saturated rings. The first-order valence-electron chi connectivity index (χ1n) is 6.59. The maximum atomic E-state index is 12.1. The Labute approximate surface area is 152 Å². The molecule has 0 unspecified atom stereocenters. The van der Waals surface area contributed by atoms with Crippen molar-refractivity contribution in [2.75, 3.05) is 5.32 Å². The van der Waals surface area contributed by atoms with E-state index in [0.29, 0.717) is 16.8 Å². The first-order valence-corrected chi connectivity index (χ1v) is 8.08. The molecule has 1 amide bonds. The summed E-state index contributed by atoms with van der Waals surface area (Å²) in [6.07, 6.45) is 0. The van der Waals surface area contributed by atoms with Gasteiger partial charge in [-0.25, -0.2) is 4.79 Å². The molecule has 0 radical (unpaired) electrons. The van der Waals surface area contributed by atoms with Gasteiger partial charge in [-0.1, -0.05) is 6.07 Å². The first kappa shape index (κ1) is 17.4. The van der Waals surface area contributed by atoms with E-state index in [1.807, 2.05) is 12.1 Å². The molecule has 2 aromatic rings. The highest BCUT2D eigenvalue weighted by Crippen LogP contribution is 2.19. The van der Waals surface area contributed by atoms with Gasteiger partial charge in [-0.15, -0.1) is 0 Å². The summed E-state index contributed by atoms with van der Waals surface area (Å²) in [5.74, 6) is -1.34. The number of hydrogen-bond donors (Lipinski definition) is 3. The highest BCUT2D eigenvalue weighted by atomic mass is 127. The quantitative estimate of drug-likeness (QED) is 0.504. The Morgan fingerprint density at radius 3 is 2.39 bits per heavy atom. The zero-order valence-corrected chi connectivity index (χ0v) is 15.1. The van der Waals surface area contributed by atoms with Crippen molar-refractivity contribution in [3.63, 3.8) is 0 Å². The number of hydrogen-bond acceptors (Lipinski definition) is 3. The van der Waals surface area contributed by atoms with E-state index in [0.717, 1.165) is 3.57 Å². The number of amides is 1. The van der Waals surface area contributed by atoms with Crippen LogP contribution >= 0.6 is 34.8 Å². The van der Waals surface area contributed by atoms with Crippen LogP contribution in [0.25, 0.3) is 0 Å². The largest absolute Gasteiger partial charge is 0.478 e. The van der Waals surface area contributed by atoms with Crippen molar-refractivity contribution in [2.45, 2.75) is 6.92 Å². The van der Waals surface area contributed by atoms with Crippen LogP contribution in [0.2, 0.25) is 0 Å². The molecule has 23 heavy (non-hydrogen) atoms. The second-order valence-electron chi connectivity index (χ2n) is 4.70. The van der Waals surface area contributed by atoms with Crippen molar-refractivity contribution < 1.29 is 14.7 Å². The van der Waals surface area contributed by atoms with Gasteiger partial charge in [-0.2, -0.15) is 0 Å². The molecular weight excluding hydrogens is 427 g/mol. The number of thiocarbonyl (C=S) groups is 1. The van der Waals surface area contributed by atoms with Crippen LogP contribution in [-0.2, 0) is 0 Å². The molecule has 0 aliphatic heterocycles. The van der Waals surface area contributed by atoms with Gasteiger partial charge < -0.3 is 10.4 Å². The van der Waals surface area contributed by atoms with Gasteiger partial charge in [0.15, 0.2) is 5.11 Å². The van der Waals surface area contributed by atoms with E-state index in [2.05, 4.69) is 33.2 Å². The molecule has 0 atom stereocenters. The Kier molecular flexibility index (Phi) is 5.67. The van der Waals surface area contributed by atoms with Crippen molar-refractivity contribution in [2.24, 2.45) is 0 Å². The summed E-state index contributed by atoms with van der Waals surface area (Å²) >= 11 is 7.27. The fraction of sp³-hybridized carbons (Fsp3) is 0.0625. The monoisotopic (exact) mass is 440 g/mol. The maximum Gasteiger partial charge on any atom is 0.336 e.